The fourth-order valence-electron chi connectivity index (χ4n) is 2.09. The van der Waals surface area contributed by atoms with E-state index < -0.39 is 0 Å². The summed E-state index contributed by atoms with van der Waals surface area (Å²) in [5.74, 6) is 0. The number of nitrogens with one attached hydrogen (secondary N) is 2. The SMILES string of the molecule is O=C(NCCc1ccccc1Cl)NCC1CCCO1. The fraction of sp³-hybridized carbons (Fsp3) is 0.500. The van der Waals surface area contributed by atoms with E-state index in [-0.39, 0.29) is 12.1 Å². The molecule has 1 fully saturated rings. The Morgan fingerprint density at radius 3 is 2.95 bits per heavy atom. The van der Waals surface area contributed by atoms with Crippen molar-refractivity contribution < 1.29 is 9.53 Å². The normalized spacial score (nSPS) is 18.3. The number of carbonyl (C=O) groups excluding carboxylic acids is 1. The number of carbonyl (C=O) groups is 1. The largest absolute Gasteiger partial charge is 0.376 e. The second-order valence-corrected chi connectivity index (χ2v) is 5.02. The van der Waals surface area contributed by atoms with Gasteiger partial charge in [0.2, 0.25) is 0 Å². The van der Waals surface area contributed by atoms with Gasteiger partial charge in [-0.2, -0.15) is 0 Å². The smallest absolute Gasteiger partial charge is 0.314 e. The Kier molecular flexibility index (Phi) is 5.48. The summed E-state index contributed by atoms with van der Waals surface area (Å²) < 4.78 is 5.43. The van der Waals surface area contributed by atoms with Crippen LogP contribution in [0.15, 0.2) is 24.3 Å². The molecule has 2 N–H and O–H groups in total. The van der Waals surface area contributed by atoms with Crippen LogP contribution in [0.4, 0.5) is 4.79 Å². The topological polar surface area (TPSA) is 50.4 Å². The van der Waals surface area contributed by atoms with E-state index in [1.54, 1.807) is 0 Å². The van der Waals surface area contributed by atoms with Gasteiger partial charge in [0, 0.05) is 24.7 Å². The zero-order chi connectivity index (χ0) is 13.5. The molecule has 0 radical (unpaired) electrons. The highest BCUT2D eigenvalue weighted by molar-refractivity contribution is 6.31. The van der Waals surface area contributed by atoms with Gasteiger partial charge < -0.3 is 15.4 Å². The summed E-state index contributed by atoms with van der Waals surface area (Å²) in [5, 5.41) is 6.38. The lowest BCUT2D eigenvalue weighted by atomic mass is 10.1. The molecule has 0 bridgehead atoms. The van der Waals surface area contributed by atoms with Gasteiger partial charge in [-0.3, -0.25) is 0 Å². The van der Waals surface area contributed by atoms with E-state index in [9.17, 15) is 4.79 Å². The maximum Gasteiger partial charge on any atom is 0.314 e. The van der Waals surface area contributed by atoms with Crippen LogP contribution in [0.25, 0.3) is 0 Å². The molecule has 1 aromatic carbocycles. The van der Waals surface area contributed by atoms with Crippen LogP contribution in [-0.4, -0.2) is 31.8 Å². The number of hydrogen-bond donors (Lipinski definition) is 2. The van der Waals surface area contributed by atoms with Gasteiger partial charge in [0.05, 0.1) is 6.10 Å². The molecule has 1 saturated heterocycles. The van der Waals surface area contributed by atoms with Crippen molar-refractivity contribution in [2.24, 2.45) is 0 Å². The Hall–Kier alpha value is -1.26. The Morgan fingerprint density at radius 2 is 2.21 bits per heavy atom. The Bertz CT molecular complexity index is 420. The number of hydrogen-bond acceptors (Lipinski definition) is 2. The molecule has 19 heavy (non-hydrogen) atoms. The average molecular weight is 283 g/mol. The Balaban J connectivity index is 1.62. The van der Waals surface area contributed by atoms with E-state index in [1.807, 2.05) is 24.3 Å². The van der Waals surface area contributed by atoms with E-state index >= 15 is 0 Å². The van der Waals surface area contributed by atoms with Crippen molar-refractivity contribution in [2.75, 3.05) is 19.7 Å². The zero-order valence-electron chi connectivity index (χ0n) is 10.8. The van der Waals surface area contributed by atoms with Crippen LogP contribution >= 0.6 is 11.6 Å². The van der Waals surface area contributed by atoms with Crippen LogP contribution in [-0.2, 0) is 11.2 Å². The van der Waals surface area contributed by atoms with Crippen molar-refractivity contribution in [3.8, 4) is 0 Å². The lowest BCUT2D eigenvalue weighted by Gasteiger charge is -2.12. The first-order valence-corrected chi connectivity index (χ1v) is 7.00. The molecule has 0 spiro atoms. The molecule has 0 aliphatic carbocycles. The minimum atomic E-state index is -0.150. The van der Waals surface area contributed by atoms with E-state index in [2.05, 4.69) is 10.6 Å². The summed E-state index contributed by atoms with van der Waals surface area (Å²) in [6, 6.07) is 7.51. The average Bonchev–Trinajstić information content (AvgIpc) is 2.92. The van der Waals surface area contributed by atoms with Crippen LogP contribution in [0.2, 0.25) is 5.02 Å². The van der Waals surface area contributed by atoms with Crippen molar-refractivity contribution >= 4 is 17.6 Å². The Labute approximate surface area is 118 Å². The maximum absolute atomic E-state index is 11.6. The molecule has 2 amide bonds. The highest BCUT2D eigenvalue weighted by atomic mass is 35.5. The van der Waals surface area contributed by atoms with Crippen molar-refractivity contribution in [3.05, 3.63) is 34.9 Å². The van der Waals surface area contributed by atoms with Gasteiger partial charge in [0.25, 0.3) is 0 Å². The van der Waals surface area contributed by atoms with Crippen molar-refractivity contribution in [2.45, 2.75) is 25.4 Å². The molecule has 0 aromatic heterocycles. The molecule has 0 saturated carbocycles. The molecule has 2 rings (SSSR count). The third-order valence-corrected chi connectivity index (χ3v) is 3.52. The summed E-state index contributed by atoms with van der Waals surface area (Å²) in [5.41, 5.74) is 1.04. The molecule has 1 aliphatic heterocycles. The molecular formula is C14H19ClN2O2. The number of benzene rings is 1. The minimum absolute atomic E-state index is 0.150. The van der Waals surface area contributed by atoms with E-state index in [0.29, 0.717) is 13.1 Å². The highest BCUT2D eigenvalue weighted by Crippen LogP contribution is 2.14. The quantitative estimate of drug-likeness (QED) is 0.871. The van der Waals surface area contributed by atoms with Crippen molar-refractivity contribution in [1.82, 2.24) is 10.6 Å². The maximum atomic E-state index is 11.6. The molecule has 5 heteroatoms. The van der Waals surface area contributed by atoms with E-state index in [4.69, 9.17) is 16.3 Å². The number of ether oxygens (including phenoxy) is 1. The number of rotatable bonds is 5. The van der Waals surface area contributed by atoms with Crippen molar-refractivity contribution in [3.63, 3.8) is 0 Å². The second kappa shape index (κ2) is 7.36. The molecule has 1 aromatic rings. The lowest BCUT2D eigenvalue weighted by molar-refractivity contribution is 0.111. The molecule has 4 nitrogen and oxygen atoms in total. The molecule has 104 valence electrons. The first-order chi connectivity index (χ1) is 9.25. The predicted molar refractivity (Wildman–Crippen MR) is 75.5 cm³/mol. The van der Waals surface area contributed by atoms with Gasteiger partial charge in [-0.1, -0.05) is 29.8 Å². The predicted octanol–water partition coefficient (Wildman–Crippen LogP) is 2.36. The summed E-state index contributed by atoms with van der Waals surface area (Å²) in [6.07, 6.45) is 3.02. The molecular weight excluding hydrogens is 264 g/mol. The number of halogens is 1. The van der Waals surface area contributed by atoms with E-state index in [0.717, 1.165) is 36.5 Å². The van der Waals surface area contributed by atoms with Gasteiger partial charge in [-0.25, -0.2) is 4.79 Å². The minimum Gasteiger partial charge on any atom is -0.376 e. The van der Waals surface area contributed by atoms with Crippen LogP contribution in [0.1, 0.15) is 18.4 Å². The summed E-state index contributed by atoms with van der Waals surface area (Å²) in [4.78, 5) is 11.6. The van der Waals surface area contributed by atoms with Gasteiger partial charge >= 0.3 is 6.03 Å². The summed E-state index contributed by atoms with van der Waals surface area (Å²) >= 11 is 6.04. The van der Waals surface area contributed by atoms with Crippen LogP contribution in [0.5, 0.6) is 0 Å². The standard InChI is InChI=1S/C14H19ClN2O2/c15-13-6-2-1-4-11(13)7-8-16-14(18)17-10-12-5-3-9-19-12/h1-2,4,6,12H,3,5,7-10H2,(H2,16,17,18). The zero-order valence-corrected chi connectivity index (χ0v) is 11.6. The number of urea groups is 1. The molecule has 1 unspecified atom stereocenters. The van der Waals surface area contributed by atoms with Gasteiger partial charge in [-0.15, -0.1) is 0 Å². The molecule has 1 heterocycles. The first kappa shape index (κ1) is 14.2. The van der Waals surface area contributed by atoms with Crippen molar-refractivity contribution in [1.29, 1.82) is 0 Å². The van der Waals surface area contributed by atoms with Crippen LogP contribution in [0, 0.1) is 0 Å². The second-order valence-electron chi connectivity index (χ2n) is 4.61. The monoisotopic (exact) mass is 282 g/mol. The van der Waals surface area contributed by atoms with Gasteiger partial charge in [0.1, 0.15) is 0 Å². The number of amides is 2. The first-order valence-electron chi connectivity index (χ1n) is 6.62. The summed E-state index contributed by atoms with van der Waals surface area (Å²) in [7, 11) is 0. The fourth-order valence-corrected chi connectivity index (χ4v) is 2.32. The van der Waals surface area contributed by atoms with Gasteiger partial charge in [0.15, 0.2) is 0 Å². The van der Waals surface area contributed by atoms with Crippen LogP contribution < -0.4 is 10.6 Å². The Morgan fingerprint density at radius 1 is 1.37 bits per heavy atom. The highest BCUT2D eigenvalue weighted by Gasteiger charge is 2.15. The third kappa shape index (κ3) is 4.73. The molecule has 1 aliphatic rings. The van der Waals surface area contributed by atoms with Gasteiger partial charge in [-0.05, 0) is 30.9 Å². The molecule has 1 atom stereocenters. The van der Waals surface area contributed by atoms with E-state index in [1.165, 1.54) is 0 Å². The third-order valence-electron chi connectivity index (χ3n) is 3.15. The lowest BCUT2D eigenvalue weighted by Crippen LogP contribution is -2.40. The summed E-state index contributed by atoms with van der Waals surface area (Å²) in [6.45, 7) is 1.96. The van der Waals surface area contributed by atoms with Crippen LogP contribution in [0.3, 0.4) is 0 Å².